The maximum atomic E-state index is 6.90. The second kappa shape index (κ2) is 18.0. The van der Waals surface area contributed by atoms with E-state index in [9.17, 15) is 0 Å². The fraction of sp³-hybridized carbons (Fsp3) is 0.0588. The molecule has 0 N–H and O–H groups in total. The third-order valence-corrected chi connectivity index (χ3v) is 15.2. The van der Waals surface area contributed by atoms with E-state index in [2.05, 4.69) is 238 Å². The molecule has 13 aromatic rings. The summed E-state index contributed by atoms with van der Waals surface area (Å²) in [6.07, 6.45) is 9.30. The topological polar surface area (TPSA) is 64.2 Å². The third kappa shape index (κ3) is 7.34. The molecular weight excluding hydrogens is 1130 g/mol. The van der Waals surface area contributed by atoms with Crippen LogP contribution in [0.25, 0.3) is 99.6 Å². The van der Waals surface area contributed by atoms with Crippen molar-refractivity contribution < 1.29 is 25.8 Å². The van der Waals surface area contributed by atoms with Crippen LogP contribution < -0.4 is 14.5 Å². The maximum Gasteiger partial charge on any atom is 0.135 e. The van der Waals surface area contributed by atoms with E-state index in [0.29, 0.717) is 11.5 Å². The van der Waals surface area contributed by atoms with Crippen molar-refractivity contribution >= 4 is 66.4 Å². The summed E-state index contributed by atoms with van der Waals surface area (Å²) in [5.41, 5.74) is 19.5. The Balaban J connectivity index is 0.00000540. The van der Waals surface area contributed by atoms with E-state index in [1.54, 1.807) is 0 Å². The van der Waals surface area contributed by atoms with Crippen LogP contribution in [0.3, 0.4) is 0 Å². The Kier molecular flexibility index (Phi) is 10.9. The molecule has 0 unspecified atom stereocenters. The van der Waals surface area contributed by atoms with Crippen molar-refractivity contribution in [2.24, 2.45) is 0 Å². The van der Waals surface area contributed by atoms with Gasteiger partial charge in [-0.05, 0) is 105 Å². The zero-order valence-corrected chi connectivity index (χ0v) is 44.5. The SMILES string of the molecule is CC(C)(C)c1ccnc(-n2c3[c-]c(Oc4[c-]c(N5[CH-]N(c6c(-c7ccncc7)cccc6-c6ccncc6)c6ccccc65)ccc4)ccc3c3c4c(ccc32)-n2c3ccccc3c3cccc(c32)-c2ccccc2-4)c1.[Pt]. The van der Waals surface area contributed by atoms with Gasteiger partial charge >= 0.3 is 0 Å². The zero-order valence-electron chi connectivity index (χ0n) is 42.2. The third-order valence-electron chi connectivity index (χ3n) is 15.2. The molecule has 0 bridgehead atoms. The molecule has 0 saturated carbocycles. The Labute approximate surface area is 460 Å². The van der Waals surface area contributed by atoms with Gasteiger partial charge in [0, 0.05) is 119 Å². The number of pyridine rings is 3. The molecule has 0 aliphatic carbocycles. The van der Waals surface area contributed by atoms with Crippen molar-refractivity contribution in [3.8, 4) is 67.5 Å². The largest absolute Gasteiger partial charge is 0.509 e. The van der Waals surface area contributed by atoms with Crippen molar-refractivity contribution in [2.45, 2.75) is 26.2 Å². The first-order valence-electron chi connectivity index (χ1n) is 25.6. The molecule has 7 heterocycles. The number of nitrogens with zero attached hydrogens (tertiary/aromatic N) is 7. The van der Waals surface area contributed by atoms with Gasteiger partial charge in [0.1, 0.15) is 5.82 Å². The van der Waals surface area contributed by atoms with E-state index < -0.39 is 0 Å². The van der Waals surface area contributed by atoms with Gasteiger partial charge in [0.25, 0.3) is 0 Å². The molecule has 2 aliphatic rings. The molecule has 0 saturated heterocycles. The van der Waals surface area contributed by atoms with Crippen LogP contribution in [0.1, 0.15) is 26.3 Å². The molecule has 0 atom stereocenters. The second-order valence-electron chi connectivity index (χ2n) is 20.5. The minimum Gasteiger partial charge on any atom is -0.509 e. The van der Waals surface area contributed by atoms with Crippen LogP contribution in [0.2, 0.25) is 0 Å². The van der Waals surface area contributed by atoms with Crippen molar-refractivity contribution in [3.63, 3.8) is 0 Å². The number of benzene rings is 8. The van der Waals surface area contributed by atoms with Gasteiger partial charge in [0.15, 0.2) is 0 Å². The molecular formula is C68H46N7OPt-3. The van der Waals surface area contributed by atoms with Crippen LogP contribution >= 0.6 is 0 Å². The predicted molar refractivity (Wildman–Crippen MR) is 308 cm³/mol. The molecule has 0 amide bonds. The van der Waals surface area contributed by atoms with Crippen molar-refractivity contribution in [3.05, 3.63) is 243 Å². The fourth-order valence-corrected chi connectivity index (χ4v) is 11.8. The van der Waals surface area contributed by atoms with Gasteiger partial charge in [-0.25, -0.2) is 4.98 Å². The zero-order chi connectivity index (χ0) is 50.6. The molecule has 15 rings (SSSR count). The maximum absolute atomic E-state index is 6.90. The fourth-order valence-electron chi connectivity index (χ4n) is 11.8. The molecule has 77 heavy (non-hydrogen) atoms. The van der Waals surface area contributed by atoms with Crippen LogP contribution in [-0.4, -0.2) is 24.1 Å². The minimum atomic E-state index is -0.104. The predicted octanol–water partition coefficient (Wildman–Crippen LogP) is 17.1. The molecule has 2 aliphatic heterocycles. The number of fused-ring (bicyclic) bond motifs is 13. The summed E-state index contributed by atoms with van der Waals surface area (Å²) in [5, 5.41) is 4.65. The summed E-state index contributed by atoms with van der Waals surface area (Å²) in [7, 11) is 0. The smallest absolute Gasteiger partial charge is 0.135 e. The van der Waals surface area contributed by atoms with Crippen molar-refractivity contribution in [2.75, 3.05) is 9.80 Å². The number of anilines is 4. The number of para-hydroxylation sites is 5. The summed E-state index contributed by atoms with van der Waals surface area (Å²) < 4.78 is 11.6. The van der Waals surface area contributed by atoms with Gasteiger partial charge in [0.2, 0.25) is 0 Å². The Hall–Kier alpha value is -9.10. The van der Waals surface area contributed by atoms with Gasteiger partial charge in [-0.15, -0.1) is 48.1 Å². The second-order valence-corrected chi connectivity index (χ2v) is 20.5. The Morgan fingerprint density at radius 2 is 1.12 bits per heavy atom. The van der Waals surface area contributed by atoms with Gasteiger partial charge in [0.05, 0.1) is 16.7 Å². The van der Waals surface area contributed by atoms with Crippen LogP contribution in [-0.2, 0) is 26.5 Å². The van der Waals surface area contributed by atoms with Gasteiger partial charge in [-0.3, -0.25) is 9.97 Å². The van der Waals surface area contributed by atoms with E-state index in [1.165, 1.54) is 49.6 Å². The monoisotopic (exact) mass is 1170 g/mol. The van der Waals surface area contributed by atoms with Crippen LogP contribution in [0.15, 0.2) is 219 Å². The molecule has 8 aromatic carbocycles. The summed E-state index contributed by atoms with van der Waals surface area (Å²) in [6, 6.07) is 74.2. The Bertz CT molecular complexity index is 4420. The number of hydrogen-bond acceptors (Lipinski definition) is 6. The molecule has 9 heteroatoms. The van der Waals surface area contributed by atoms with Gasteiger partial charge < -0.3 is 23.7 Å². The number of ether oxygens (including phenoxy) is 1. The average Bonchev–Trinajstić information content (AvgIpc) is 4.29. The van der Waals surface area contributed by atoms with E-state index in [0.717, 1.165) is 78.3 Å². The van der Waals surface area contributed by atoms with Crippen LogP contribution in [0, 0.1) is 18.8 Å². The van der Waals surface area contributed by atoms with Crippen LogP contribution in [0.5, 0.6) is 11.5 Å². The van der Waals surface area contributed by atoms with Crippen molar-refractivity contribution in [1.82, 2.24) is 24.1 Å². The van der Waals surface area contributed by atoms with E-state index in [-0.39, 0.29) is 26.5 Å². The first-order valence-corrected chi connectivity index (χ1v) is 25.6. The quantitative estimate of drug-likeness (QED) is 0.148. The molecule has 0 fully saturated rings. The van der Waals surface area contributed by atoms with E-state index >= 15 is 0 Å². The summed E-state index contributed by atoms with van der Waals surface area (Å²) in [6.45, 7) is 8.89. The summed E-state index contributed by atoms with van der Waals surface area (Å²) in [5.74, 6) is 1.94. The Morgan fingerprint density at radius 1 is 0.481 bits per heavy atom. The normalized spacial score (nSPS) is 12.7. The van der Waals surface area contributed by atoms with E-state index in [1.807, 2.05) is 49.2 Å². The first kappa shape index (κ1) is 46.4. The minimum absolute atomic E-state index is 0. The molecule has 0 spiro atoms. The number of rotatable bonds is 7. The van der Waals surface area contributed by atoms with Gasteiger partial charge in [-0.2, -0.15) is 12.1 Å². The number of aromatic nitrogens is 5. The standard InChI is InChI=1S/C68H46N7O.Pt/c1-68(2,3)45-33-38-71-63(39-45)74-60-27-28-61-64(53-17-5-4-15-51(53)54-20-12-21-55-52-16-6-7-22-57(52)75(61)67(54)55)65(60)56-26-25-48(41-62(56)74)76-47-14-10-13-46(40-47)72-42-73(59-24-9-8-23-58(59)72)66-49(43-29-34-69-35-30-43)18-11-19-50(66)44-31-36-70-37-32-44;/h4-39,42H,1-3H3;/q-3;. The van der Waals surface area contributed by atoms with E-state index in [4.69, 9.17) is 9.72 Å². The number of hydrogen-bond donors (Lipinski definition) is 0. The summed E-state index contributed by atoms with van der Waals surface area (Å²) in [4.78, 5) is 18.3. The van der Waals surface area contributed by atoms with Crippen LogP contribution in [0.4, 0.5) is 22.7 Å². The van der Waals surface area contributed by atoms with Gasteiger partial charge in [-0.1, -0.05) is 117 Å². The molecule has 5 aromatic heterocycles. The molecule has 0 radical (unpaired) electrons. The summed E-state index contributed by atoms with van der Waals surface area (Å²) >= 11 is 0. The molecule has 8 nitrogen and oxygen atoms in total. The average molecular weight is 1170 g/mol. The molecule has 372 valence electrons. The Morgan fingerprint density at radius 3 is 1.88 bits per heavy atom. The first-order chi connectivity index (χ1) is 37.4. The van der Waals surface area contributed by atoms with Crippen molar-refractivity contribution in [1.29, 1.82) is 0 Å².